The van der Waals surface area contributed by atoms with Gasteiger partial charge in [0.15, 0.2) is 5.65 Å². The fourth-order valence-electron chi connectivity index (χ4n) is 3.38. The van der Waals surface area contributed by atoms with Gasteiger partial charge in [0, 0.05) is 24.2 Å². The van der Waals surface area contributed by atoms with Crippen LogP contribution in [0.5, 0.6) is 0 Å². The summed E-state index contributed by atoms with van der Waals surface area (Å²) in [4.78, 5) is 29.2. The van der Waals surface area contributed by atoms with Crippen LogP contribution in [0.2, 0.25) is 0 Å². The Kier molecular flexibility index (Phi) is 4.66. The molecule has 0 aliphatic carbocycles. The Balaban J connectivity index is 1.61. The summed E-state index contributed by atoms with van der Waals surface area (Å²) in [5, 5.41) is 24.9. The SMILES string of the molecule is O=C(O)Nc1nc2cccc(-c3ccc(C(=O)N4CCCC(O)C4)cc3)n2n1. The van der Waals surface area contributed by atoms with E-state index in [1.54, 1.807) is 33.7 Å². The van der Waals surface area contributed by atoms with Crippen LogP contribution in [0, 0.1) is 0 Å². The summed E-state index contributed by atoms with van der Waals surface area (Å²) >= 11 is 0. The van der Waals surface area contributed by atoms with Crippen molar-refractivity contribution >= 4 is 23.6 Å². The molecule has 2 aromatic heterocycles. The second-order valence-electron chi connectivity index (χ2n) is 6.67. The van der Waals surface area contributed by atoms with Gasteiger partial charge in [0.05, 0.1) is 11.8 Å². The number of benzene rings is 1. The summed E-state index contributed by atoms with van der Waals surface area (Å²) < 4.78 is 1.54. The lowest BCUT2D eigenvalue weighted by atomic mass is 10.0. The van der Waals surface area contributed by atoms with Crippen LogP contribution in [-0.2, 0) is 0 Å². The van der Waals surface area contributed by atoms with E-state index in [2.05, 4.69) is 15.4 Å². The molecular formula is C19H19N5O4. The highest BCUT2D eigenvalue weighted by Crippen LogP contribution is 2.22. The Morgan fingerprint density at radius 1 is 1.14 bits per heavy atom. The first kappa shape index (κ1) is 17.9. The number of β-amino-alcohol motifs (C(OH)–C–C–N with tert-alkyl or cyclic N) is 1. The van der Waals surface area contributed by atoms with Crippen LogP contribution in [0.4, 0.5) is 10.7 Å². The number of aliphatic hydroxyl groups excluding tert-OH is 1. The first-order chi connectivity index (χ1) is 13.5. The molecule has 9 nitrogen and oxygen atoms in total. The number of nitrogens with one attached hydrogen (secondary N) is 1. The van der Waals surface area contributed by atoms with Crippen LogP contribution < -0.4 is 5.32 Å². The predicted molar refractivity (Wildman–Crippen MR) is 101 cm³/mol. The van der Waals surface area contributed by atoms with E-state index in [9.17, 15) is 14.7 Å². The Labute approximate surface area is 160 Å². The number of aromatic nitrogens is 3. The molecule has 1 saturated heterocycles. The Hall–Kier alpha value is -3.46. The third-order valence-electron chi connectivity index (χ3n) is 4.69. The molecule has 0 bridgehead atoms. The number of rotatable bonds is 3. The van der Waals surface area contributed by atoms with Crippen molar-refractivity contribution < 1.29 is 19.8 Å². The van der Waals surface area contributed by atoms with Crippen LogP contribution >= 0.6 is 0 Å². The van der Waals surface area contributed by atoms with E-state index >= 15 is 0 Å². The summed E-state index contributed by atoms with van der Waals surface area (Å²) in [6.45, 7) is 1.01. The van der Waals surface area contributed by atoms with Gasteiger partial charge >= 0.3 is 6.09 Å². The molecule has 3 N–H and O–H groups in total. The minimum absolute atomic E-state index is 0.00426. The van der Waals surface area contributed by atoms with E-state index in [1.165, 1.54) is 0 Å². The maximum absolute atomic E-state index is 12.6. The normalized spacial score (nSPS) is 16.9. The molecule has 1 aliphatic heterocycles. The molecule has 4 rings (SSSR count). The molecular weight excluding hydrogens is 362 g/mol. The van der Waals surface area contributed by atoms with Gasteiger partial charge in [-0.15, -0.1) is 5.10 Å². The Bertz CT molecular complexity index is 1030. The van der Waals surface area contributed by atoms with Crippen molar-refractivity contribution in [3.63, 3.8) is 0 Å². The number of piperidine rings is 1. The van der Waals surface area contributed by atoms with E-state index in [1.807, 2.05) is 18.2 Å². The smallest absolute Gasteiger partial charge is 0.411 e. The van der Waals surface area contributed by atoms with Gasteiger partial charge in [0.25, 0.3) is 11.9 Å². The zero-order valence-corrected chi connectivity index (χ0v) is 14.9. The van der Waals surface area contributed by atoms with Gasteiger partial charge in [-0.2, -0.15) is 4.98 Å². The number of hydrogen-bond acceptors (Lipinski definition) is 5. The summed E-state index contributed by atoms with van der Waals surface area (Å²) in [7, 11) is 0. The fraction of sp³-hybridized carbons (Fsp3) is 0.263. The maximum atomic E-state index is 12.6. The highest BCUT2D eigenvalue weighted by molar-refractivity contribution is 5.94. The van der Waals surface area contributed by atoms with E-state index < -0.39 is 12.2 Å². The molecule has 0 spiro atoms. The molecule has 28 heavy (non-hydrogen) atoms. The first-order valence-corrected chi connectivity index (χ1v) is 8.95. The molecule has 2 amide bonds. The zero-order chi connectivity index (χ0) is 19.7. The zero-order valence-electron chi connectivity index (χ0n) is 14.9. The number of carbonyl (C=O) groups is 2. The summed E-state index contributed by atoms with van der Waals surface area (Å²) in [5.74, 6) is -0.104. The molecule has 9 heteroatoms. The quantitative estimate of drug-likeness (QED) is 0.639. The van der Waals surface area contributed by atoms with E-state index in [-0.39, 0.29) is 11.9 Å². The number of carbonyl (C=O) groups excluding carboxylic acids is 1. The number of amides is 2. The lowest BCUT2D eigenvalue weighted by molar-refractivity contribution is 0.0474. The first-order valence-electron chi connectivity index (χ1n) is 8.95. The van der Waals surface area contributed by atoms with Gasteiger partial charge in [0.2, 0.25) is 0 Å². The van der Waals surface area contributed by atoms with E-state index in [0.29, 0.717) is 24.3 Å². The van der Waals surface area contributed by atoms with Gasteiger partial charge in [-0.3, -0.25) is 10.1 Å². The lowest BCUT2D eigenvalue weighted by Crippen LogP contribution is -2.42. The third-order valence-corrected chi connectivity index (χ3v) is 4.69. The van der Waals surface area contributed by atoms with E-state index in [4.69, 9.17) is 5.11 Å². The molecule has 1 fully saturated rings. The third kappa shape index (κ3) is 3.52. The number of aliphatic hydroxyl groups is 1. The van der Waals surface area contributed by atoms with Gasteiger partial charge in [-0.05, 0) is 37.1 Å². The predicted octanol–water partition coefficient (Wildman–Crippen LogP) is 2.08. The van der Waals surface area contributed by atoms with Crippen LogP contribution in [-0.4, -0.2) is 60.9 Å². The Morgan fingerprint density at radius 3 is 2.64 bits per heavy atom. The molecule has 3 aromatic rings. The molecule has 3 heterocycles. The van der Waals surface area contributed by atoms with Gasteiger partial charge in [-0.25, -0.2) is 9.31 Å². The number of likely N-dealkylation sites (tertiary alicyclic amines) is 1. The number of pyridine rings is 1. The number of anilines is 1. The van der Waals surface area contributed by atoms with E-state index in [0.717, 1.165) is 24.1 Å². The molecule has 1 aliphatic rings. The lowest BCUT2D eigenvalue weighted by Gasteiger charge is -2.30. The highest BCUT2D eigenvalue weighted by atomic mass is 16.4. The minimum Gasteiger partial charge on any atom is -0.465 e. The standard InChI is InChI=1S/C19H19N5O4/c25-14-3-2-10-23(11-14)17(26)13-8-6-12(7-9-13)15-4-1-5-16-20-18(21-19(27)28)22-24(15)16/h1,4-9,14,25H,2-3,10-11H2,(H,21,22)(H,27,28). The van der Waals surface area contributed by atoms with Crippen LogP contribution in [0.1, 0.15) is 23.2 Å². The molecule has 0 saturated carbocycles. The number of carboxylic acid groups (broad SMARTS) is 1. The summed E-state index contributed by atoms with van der Waals surface area (Å²) in [5.41, 5.74) is 2.59. The second-order valence-corrected chi connectivity index (χ2v) is 6.67. The summed E-state index contributed by atoms with van der Waals surface area (Å²) in [6.07, 6.45) is -0.173. The average Bonchev–Trinajstić information content (AvgIpc) is 3.09. The monoisotopic (exact) mass is 381 g/mol. The van der Waals surface area contributed by atoms with Crippen LogP contribution in [0.15, 0.2) is 42.5 Å². The average molecular weight is 381 g/mol. The van der Waals surface area contributed by atoms with Crippen molar-refractivity contribution in [1.29, 1.82) is 0 Å². The van der Waals surface area contributed by atoms with Crippen molar-refractivity contribution in [2.24, 2.45) is 0 Å². The Morgan fingerprint density at radius 2 is 1.93 bits per heavy atom. The minimum atomic E-state index is -1.23. The van der Waals surface area contributed by atoms with Gasteiger partial charge in [0.1, 0.15) is 0 Å². The van der Waals surface area contributed by atoms with Crippen LogP contribution in [0.25, 0.3) is 16.9 Å². The van der Waals surface area contributed by atoms with Crippen molar-refractivity contribution in [3.05, 3.63) is 48.0 Å². The largest absolute Gasteiger partial charge is 0.465 e. The molecule has 1 aromatic carbocycles. The molecule has 144 valence electrons. The van der Waals surface area contributed by atoms with Gasteiger partial charge < -0.3 is 15.1 Å². The molecule has 1 unspecified atom stereocenters. The highest BCUT2D eigenvalue weighted by Gasteiger charge is 2.23. The molecule has 1 atom stereocenters. The maximum Gasteiger partial charge on any atom is 0.411 e. The number of nitrogens with zero attached hydrogens (tertiary/aromatic N) is 4. The topological polar surface area (TPSA) is 120 Å². The van der Waals surface area contributed by atoms with Crippen molar-refractivity contribution in [2.75, 3.05) is 18.4 Å². The second kappa shape index (κ2) is 7.28. The van der Waals surface area contributed by atoms with Crippen molar-refractivity contribution in [3.8, 4) is 11.3 Å². The van der Waals surface area contributed by atoms with Crippen LogP contribution in [0.3, 0.4) is 0 Å². The van der Waals surface area contributed by atoms with Crippen molar-refractivity contribution in [1.82, 2.24) is 19.5 Å². The number of fused-ring (bicyclic) bond motifs is 1. The van der Waals surface area contributed by atoms with Gasteiger partial charge in [-0.1, -0.05) is 18.2 Å². The molecule has 0 radical (unpaired) electrons. The summed E-state index contributed by atoms with van der Waals surface area (Å²) in [6, 6.07) is 12.5. The fourth-order valence-corrected chi connectivity index (χ4v) is 3.38. The van der Waals surface area contributed by atoms with Crippen molar-refractivity contribution in [2.45, 2.75) is 18.9 Å². The number of hydrogen-bond donors (Lipinski definition) is 3.